The van der Waals surface area contributed by atoms with Crippen LogP contribution in [0.2, 0.25) is 0 Å². The molecule has 3 aromatic rings. The molecular formula is C28H35N7O5S. The van der Waals surface area contributed by atoms with E-state index in [0.29, 0.717) is 28.6 Å². The van der Waals surface area contributed by atoms with Crippen molar-refractivity contribution in [3.05, 3.63) is 66.7 Å². The van der Waals surface area contributed by atoms with E-state index >= 15 is 0 Å². The predicted molar refractivity (Wildman–Crippen MR) is 161 cm³/mol. The predicted octanol–water partition coefficient (Wildman–Crippen LogP) is 4.38. The van der Waals surface area contributed by atoms with Gasteiger partial charge in [0.05, 0.1) is 20.8 Å². The number of anilines is 1. The first-order valence-corrected chi connectivity index (χ1v) is 14.1. The second-order valence-electron chi connectivity index (χ2n) is 9.19. The van der Waals surface area contributed by atoms with Crippen molar-refractivity contribution >= 4 is 28.5 Å². The van der Waals surface area contributed by atoms with Crippen LogP contribution in [-0.4, -0.2) is 72.9 Å². The lowest BCUT2D eigenvalue weighted by atomic mass is 10.2. The van der Waals surface area contributed by atoms with E-state index in [1.807, 2.05) is 26.8 Å². The Morgan fingerprint density at radius 1 is 1.17 bits per heavy atom. The zero-order valence-electron chi connectivity index (χ0n) is 24.0. The molecule has 0 fully saturated rings. The van der Waals surface area contributed by atoms with E-state index in [1.54, 1.807) is 36.8 Å². The molecule has 0 unspecified atom stereocenters. The SMILES string of the molecule is C=CCO[C@H](/C(N=C)=N/C=C(C)C)[C@H](C)S(=O)(=O)Nc1nnc(-c2cncc(C)c2)n1-c1c(OC)cccc1OC. The molecule has 2 atom stereocenters. The highest BCUT2D eigenvalue weighted by Crippen LogP contribution is 2.38. The maximum atomic E-state index is 13.9. The Labute approximate surface area is 240 Å². The minimum atomic E-state index is -4.20. The van der Waals surface area contributed by atoms with Gasteiger partial charge in [-0.2, -0.15) is 0 Å². The van der Waals surface area contributed by atoms with Gasteiger partial charge in [-0.1, -0.05) is 17.7 Å². The highest BCUT2D eigenvalue weighted by Gasteiger charge is 2.36. The smallest absolute Gasteiger partial charge is 0.243 e. The molecule has 0 aliphatic heterocycles. The van der Waals surface area contributed by atoms with Crippen molar-refractivity contribution in [2.24, 2.45) is 9.98 Å². The fourth-order valence-electron chi connectivity index (χ4n) is 3.85. The van der Waals surface area contributed by atoms with E-state index in [1.165, 1.54) is 31.8 Å². The molecule has 2 aromatic heterocycles. The summed E-state index contributed by atoms with van der Waals surface area (Å²) >= 11 is 0. The van der Waals surface area contributed by atoms with E-state index < -0.39 is 21.4 Å². The van der Waals surface area contributed by atoms with Crippen LogP contribution in [0, 0.1) is 6.92 Å². The maximum Gasteiger partial charge on any atom is 0.243 e. The van der Waals surface area contributed by atoms with Crippen LogP contribution in [0.15, 0.2) is 71.1 Å². The summed E-state index contributed by atoms with van der Waals surface area (Å²) < 4.78 is 48.8. The number of aryl methyl sites for hydroxylation is 1. The van der Waals surface area contributed by atoms with Crippen molar-refractivity contribution in [3.63, 3.8) is 0 Å². The van der Waals surface area contributed by atoms with Crippen molar-refractivity contribution in [1.82, 2.24) is 19.7 Å². The highest BCUT2D eigenvalue weighted by atomic mass is 32.2. The number of hydrogen-bond acceptors (Lipinski definition) is 9. The van der Waals surface area contributed by atoms with Gasteiger partial charge < -0.3 is 14.2 Å². The quantitative estimate of drug-likeness (QED) is 0.178. The van der Waals surface area contributed by atoms with Crippen molar-refractivity contribution in [1.29, 1.82) is 0 Å². The summed E-state index contributed by atoms with van der Waals surface area (Å²) in [6.45, 7) is 14.4. The lowest BCUT2D eigenvalue weighted by Gasteiger charge is -2.24. The molecule has 0 bridgehead atoms. The molecule has 13 heteroatoms. The summed E-state index contributed by atoms with van der Waals surface area (Å²) in [5, 5.41) is 7.35. The van der Waals surface area contributed by atoms with Gasteiger partial charge in [-0.05, 0) is 58.2 Å². The number of methoxy groups -OCH3 is 2. The first-order valence-electron chi connectivity index (χ1n) is 12.6. The second kappa shape index (κ2) is 13.8. The summed E-state index contributed by atoms with van der Waals surface area (Å²) in [6.07, 6.45) is 5.31. The molecular weight excluding hydrogens is 546 g/mol. The molecule has 1 aromatic carbocycles. The number of allylic oxidation sites excluding steroid dienone is 1. The Hall–Kier alpha value is -4.36. The Morgan fingerprint density at radius 3 is 2.41 bits per heavy atom. The number of pyridine rings is 1. The molecule has 3 rings (SSSR count). The molecule has 0 amide bonds. The number of ether oxygens (including phenoxy) is 3. The van der Waals surface area contributed by atoms with Gasteiger partial charge in [0.1, 0.15) is 28.5 Å². The maximum absolute atomic E-state index is 13.9. The lowest BCUT2D eigenvalue weighted by molar-refractivity contribution is 0.121. The number of nitrogens with one attached hydrogen (secondary N) is 1. The van der Waals surface area contributed by atoms with Gasteiger partial charge in [0.15, 0.2) is 11.7 Å². The van der Waals surface area contributed by atoms with Gasteiger partial charge in [-0.25, -0.2) is 18.4 Å². The van der Waals surface area contributed by atoms with Crippen LogP contribution in [0.1, 0.15) is 26.3 Å². The summed E-state index contributed by atoms with van der Waals surface area (Å²) in [4.78, 5) is 12.5. The van der Waals surface area contributed by atoms with Gasteiger partial charge >= 0.3 is 0 Å². The number of hydrogen-bond donors (Lipinski definition) is 1. The molecule has 0 saturated carbocycles. The average Bonchev–Trinajstić information content (AvgIpc) is 3.35. The van der Waals surface area contributed by atoms with Crippen LogP contribution in [-0.2, 0) is 14.8 Å². The van der Waals surface area contributed by atoms with Crippen LogP contribution < -0.4 is 14.2 Å². The lowest BCUT2D eigenvalue weighted by Crippen LogP contribution is -2.42. The Balaban J connectivity index is 2.20. The number of aromatic nitrogens is 4. The first-order chi connectivity index (χ1) is 19.6. The number of aliphatic imine (C=N–C) groups is 2. The van der Waals surface area contributed by atoms with Crippen molar-refractivity contribution in [2.75, 3.05) is 25.5 Å². The fourth-order valence-corrected chi connectivity index (χ4v) is 4.95. The number of sulfonamides is 1. The molecule has 41 heavy (non-hydrogen) atoms. The third-order valence-corrected chi connectivity index (χ3v) is 7.53. The first kappa shape index (κ1) is 31.2. The Kier molecular flexibility index (Phi) is 10.5. The zero-order chi connectivity index (χ0) is 30.2. The topological polar surface area (TPSA) is 142 Å². The van der Waals surface area contributed by atoms with E-state index in [-0.39, 0.29) is 18.4 Å². The zero-order valence-corrected chi connectivity index (χ0v) is 24.8. The number of amidine groups is 1. The van der Waals surface area contributed by atoms with Gasteiger partial charge in [-0.3, -0.25) is 14.3 Å². The Bertz CT molecular complexity index is 1540. The Morgan fingerprint density at radius 2 is 1.85 bits per heavy atom. The highest BCUT2D eigenvalue weighted by molar-refractivity contribution is 7.93. The van der Waals surface area contributed by atoms with Gasteiger partial charge in [0.25, 0.3) is 0 Å². The van der Waals surface area contributed by atoms with Crippen LogP contribution >= 0.6 is 0 Å². The van der Waals surface area contributed by atoms with Crippen molar-refractivity contribution in [2.45, 2.75) is 39.0 Å². The summed E-state index contributed by atoms with van der Waals surface area (Å²) in [6, 6.07) is 7.05. The number of benzene rings is 1. The molecule has 0 aliphatic rings. The molecule has 2 heterocycles. The molecule has 1 N–H and O–H groups in total. The van der Waals surface area contributed by atoms with Crippen molar-refractivity contribution in [3.8, 4) is 28.6 Å². The standard InChI is InChI=1S/C28H35N7O5S/c1-9-13-40-25(26(29-6)31-15-18(2)3)20(5)41(36,37)34-28-33-32-27(21-14-19(4)16-30-17-21)35(28)24-22(38-7)11-10-12-23(24)39-8/h9-12,14-17,20,25H,1,6,13H2,2-5,7-8H3,(H,33,34)/b31-26-/t20-,25-/m0/s1. The van der Waals surface area contributed by atoms with Gasteiger partial charge in [0.2, 0.25) is 16.0 Å². The fraction of sp³-hybridized carbons (Fsp3) is 0.321. The molecule has 0 aliphatic carbocycles. The number of nitrogens with zero attached hydrogens (tertiary/aromatic N) is 6. The third-order valence-electron chi connectivity index (χ3n) is 5.84. The molecule has 0 spiro atoms. The third kappa shape index (κ3) is 7.24. The molecule has 12 nitrogen and oxygen atoms in total. The summed E-state index contributed by atoms with van der Waals surface area (Å²) in [5.41, 5.74) is 2.76. The van der Waals surface area contributed by atoms with Crippen molar-refractivity contribution < 1.29 is 22.6 Å². The monoisotopic (exact) mass is 581 g/mol. The largest absolute Gasteiger partial charge is 0.494 e. The normalized spacial score (nSPS) is 13.2. The number of para-hydroxylation sites is 1. The van der Waals surface area contributed by atoms with Crippen LogP contribution in [0.4, 0.5) is 5.95 Å². The second-order valence-corrected chi connectivity index (χ2v) is 11.2. The van der Waals surface area contributed by atoms with E-state index in [0.717, 1.165) is 11.1 Å². The van der Waals surface area contributed by atoms with E-state index in [2.05, 4.69) is 43.2 Å². The molecule has 0 saturated heterocycles. The summed E-state index contributed by atoms with van der Waals surface area (Å²) in [7, 11) is -1.20. The van der Waals surface area contributed by atoms with Crippen LogP contribution in [0.5, 0.6) is 11.5 Å². The van der Waals surface area contributed by atoms with E-state index in [9.17, 15) is 8.42 Å². The van der Waals surface area contributed by atoms with Gasteiger partial charge in [0, 0.05) is 24.2 Å². The molecule has 218 valence electrons. The van der Waals surface area contributed by atoms with Gasteiger partial charge in [-0.15, -0.1) is 16.8 Å². The summed E-state index contributed by atoms with van der Waals surface area (Å²) in [5.74, 6) is 1.11. The number of rotatable bonds is 13. The van der Waals surface area contributed by atoms with Crippen LogP contribution in [0.3, 0.4) is 0 Å². The minimum Gasteiger partial charge on any atom is -0.494 e. The van der Waals surface area contributed by atoms with Crippen LogP contribution in [0.25, 0.3) is 17.1 Å². The average molecular weight is 582 g/mol. The minimum absolute atomic E-state index is 0.0625. The molecule has 0 radical (unpaired) electrons. The van der Waals surface area contributed by atoms with E-state index in [4.69, 9.17) is 14.2 Å².